The number of likely N-dealkylation sites (tertiary alicyclic amines) is 1. The third-order valence-corrected chi connectivity index (χ3v) is 4.77. The Labute approximate surface area is 136 Å². The van der Waals surface area contributed by atoms with Crippen LogP contribution >= 0.6 is 0 Å². The first-order valence-corrected chi connectivity index (χ1v) is 8.28. The number of piperidine rings is 1. The van der Waals surface area contributed by atoms with E-state index in [2.05, 4.69) is 51.1 Å². The van der Waals surface area contributed by atoms with Crippen molar-refractivity contribution in [2.45, 2.75) is 25.4 Å². The predicted molar refractivity (Wildman–Crippen MR) is 94.1 cm³/mol. The molecule has 0 radical (unpaired) electrons. The highest BCUT2D eigenvalue weighted by molar-refractivity contribution is 5.82. The number of nitrogens with two attached hydrogens (primary N) is 1. The summed E-state index contributed by atoms with van der Waals surface area (Å²) in [6, 6.07) is 17.3. The van der Waals surface area contributed by atoms with Gasteiger partial charge < -0.3 is 5.73 Å². The van der Waals surface area contributed by atoms with Gasteiger partial charge in [-0.2, -0.15) is 5.10 Å². The topological polar surface area (TPSA) is 47.1 Å². The van der Waals surface area contributed by atoms with E-state index in [1.165, 1.54) is 11.1 Å². The number of nitrogens with zero attached hydrogens (tertiary/aromatic N) is 3. The first-order chi connectivity index (χ1) is 11.3. The van der Waals surface area contributed by atoms with Gasteiger partial charge in [-0.3, -0.25) is 9.58 Å². The van der Waals surface area contributed by atoms with Gasteiger partial charge in [0.05, 0.1) is 17.8 Å². The molecule has 1 saturated heterocycles. The number of nitrogen functional groups attached to an aromatic ring is 1. The van der Waals surface area contributed by atoms with Crippen molar-refractivity contribution in [3.05, 3.63) is 60.3 Å². The highest BCUT2D eigenvalue weighted by Crippen LogP contribution is 2.27. The van der Waals surface area contributed by atoms with E-state index in [1.807, 2.05) is 18.3 Å². The van der Waals surface area contributed by atoms with Gasteiger partial charge in [0.25, 0.3) is 0 Å². The molecule has 4 heteroatoms. The molecule has 0 aliphatic carbocycles. The van der Waals surface area contributed by atoms with E-state index in [-0.39, 0.29) is 0 Å². The molecule has 2 aromatic carbocycles. The van der Waals surface area contributed by atoms with Crippen molar-refractivity contribution < 1.29 is 0 Å². The first-order valence-electron chi connectivity index (χ1n) is 8.28. The van der Waals surface area contributed by atoms with E-state index >= 15 is 0 Å². The minimum absolute atomic E-state index is 0.489. The molecule has 0 spiro atoms. The predicted octanol–water partition coefficient (Wildman–Crippen LogP) is 3.46. The smallest absolute Gasteiger partial charge is 0.0687 e. The first kappa shape index (κ1) is 14.3. The van der Waals surface area contributed by atoms with Crippen LogP contribution in [0.2, 0.25) is 0 Å². The fourth-order valence-corrected chi connectivity index (χ4v) is 3.53. The van der Waals surface area contributed by atoms with Gasteiger partial charge in [0.1, 0.15) is 0 Å². The zero-order chi connectivity index (χ0) is 15.6. The second-order valence-electron chi connectivity index (χ2n) is 6.40. The Morgan fingerprint density at radius 2 is 1.83 bits per heavy atom. The van der Waals surface area contributed by atoms with Crippen LogP contribution in [0, 0.1) is 0 Å². The zero-order valence-corrected chi connectivity index (χ0v) is 13.2. The van der Waals surface area contributed by atoms with Crippen molar-refractivity contribution >= 4 is 16.6 Å². The lowest BCUT2D eigenvalue weighted by Gasteiger charge is -2.32. The van der Waals surface area contributed by atoms with Crippen LogP contribution in [0.25, 0.3) is 10.9 Å². The second-order valence-corrected chi connectivity index (χ2v) is 6.40. The molecule has 4 rings (SSSR count). The van der Waals surface area contributed by atoms with E-state index in [4.69, 9.17) is 5.73 Å². The van der Waals surface area contributed by atoms with Crippen molar-refractivity contribution in [2.75, 3.05) is 18.8 Å². The zero-order valence-electron chi connectivity index (χ0n) is 13.2. The van der Waals surface area contributed by atoms with Crippen LogP contribution in [0.1, 0.15) is 24.4 Å². The van der Waals surface area contributed by atoms with E-state index in [1.54, 1.807) is 0 Å². The molecule has 1 aromatic heterocycles. The van der Waals surface area contributed by atoms with Crippen LogP contribution in [0.3, 0.4) is 0 Å². The summed E-state index contributed by atoms with van der Waals surface area (Å²) in [5, 5.41) is 5.75. The van der Waals surface area contributed by atoms with Gasteiger partial charge in [-0.1, -0.05) is 30.3 Å². The Morgan fingerprint density at radius 3 is 2.61 bits per heavy atom. The van der Waals surface area contributed by atoms with Crippen molar-refractivity contribution in [3.63, 3.8) is 0 Å². The summed E-state index contributed by atoms with van der Waals surface area (Å²) in [6.45, 7) is 3.29. The van der Waals surface area contributed by atoms with E-state index in [0.29, 0.717) is 6.04 Å². The summed E-state index contributed by atoms with van der Waals surface area (Å²) in [5.74, 6) is 0. The standard InChI is InChI=1S/C19H22N4/c20-17-6-7-19-16(12-17)13-21-23(19)18-8-10-22(11-9-18)14-15-4-2-1-3-5-15/h1-7,12-13,18H,8-11,14,20H2. The minimum Gasteiger partial charge on any atom is -0.399 e. The van der Waals surface area contributed by atoms with Crippen molar-refractivity contribution in [2.24, 2.45) is 0 Å². The molecule has 1 aliphatic rings. The molecule has 0 bridgehead atoms. The van der Waals surface area contributed by atoms with E-state index in [9.17, 15) is 0 Å². The van der Waals surface area contributed by atoms with Gasteiger partial charge in [0.2, 0.25) is 0 Å². The highest BCUT2D eigenvalue weighted by Gasteiger charge is 2.22. The van der Waals surface area contributed by atoms with Crippen molar-refractivity contribution in [3.8, 4) is 0 Å². The molecular formula is C19H22N4. The molecule has 118 valence electrons. The summed E-state index contributed by atoms with van der Waals surface area (Å²) in [5.41, 5.74) is 9.25. The lowest BCUT2D eigenvalue weighted by molar-refractivity contribution is 0.175. The number of hydrogen-bond acceptors (Lipinski definition) is 3. The SMILES string of the molecule is Nc1ccc2c(cnn2C2CCN(Cc3ccccc3)CC2)c1. The molecule has 1 fully saturated rings. The third-order valence-electron chi connectivity index (χ3n) is 4.77. The Hall–Kier alpha value is -2.33. The Bertz CT molecular complexity index is 785. The normalized spacial score (nSPS) is 16.9. The molecule has 23 heavy (non-hydrogen) atoms. The summed E-state index contributed by atoms with van der Waals surface area (Å²) < 4.78 is 2.19. The van der Waals surface area contributed by atoms with Crippen molar-refractivity contribution in [1.29, 1.82) is 0 Å². The van der Waals surface area contributed by atoms with Gasteiger partial charge in [0.15, 0.2) is 0 Å². The molecule has 0 amide bonds. The second kappa shape index (κ2) is 6.05. The number of hydrogen-bond donors (Lipinski definition) is 1. The third kappa shape index (κ3) is 2.94. The Morgan fingerprint density at radius 1 is 1.04 bits per heavy atom. The van der Waals surface area contributed by atoms with Crippen LogP contribution in [-0.4, -0.2) is 27.8 Å². The van der Waals surface area contributed by atoms with E-state index in [0.717, 1.165) is 43.5 Å². The quantitative estimate of drug-likeness (QED) is 0.754. The largest absolute Gasteiger partial charge is 0.399 e. The molecule has 0 atom stereocenters. The molecule has 2 N–H and O–H groups in total. The van der Waals surface area contributed by atoms with Crippen LogP contribution in [0.15, 0.2) is 54.7 Å². The monoisotopic (exact) mass is 306 g/mol. The number of rotatable bonds is 3. The lowest BCUT2D eigenvalue weighted by Crippen LogP contribution is -2.34. The fraction of sp³-hybridized carbons (Fsp3) is 0.316. The lowest BCUT2D eigenvalue weighted by atomic mass is 10.0. The van der Waals surface area contributed by atoms with Crippen LogP contribution in [0.4, 0.5) is 5.69 Å². The maximum absolute atomic E-state index is 5.86. The van der Waals surface area contributed by atoms with E-state index < -0.39 is 0 Å². The van der Waals surface area contributed by atoms with Crippen LogP contribution in [-0.2, 0) is 6.54 Å². The van der Waals surface area contributed by atoms with Gasteiger partial charge in [-0.15, -0.1) is 0 Å². The number of aromatic nitrogens is 2. The Kier molecular flexibility index (Phi) is 3.75. The van der Waals surface area contributed by atoms with Gasteiger partial charge in [-0.25, -0.2) is 0 Å². The number of fused-ring (bicyclic) bond motifs is 1. The molecule has 1 aliphatic heterocycles. The Balaban J connectivity index is 1.44. The maximum Gasteiger partial charge on any atom is 0.0687 e. The van der Waals surface area contributed by atoms with Crippen molar-refractivity contribution in [1.82, 2.24) is 14.7 Å². The number of benzene rings is 2. The van der Waals surface area contributed by atoms with Crippen LogP contribution < -0.4 is 5.73 Å². The fourth-order valence-electron chi connectivity index (χ4n) is 3.53. The van der Waals surface area contributed by atoms with Crippen LogP contribution in [0.5, 0.6) is 0 Å². The summed E-state index contributed by atoms with van der Waals surface area (Å²) >= 11 is 0. The molecule has 0 saturated carbocycles. The van der Waals surface area contributed by atoms with Gasteiger partial charge >= 0.3 is 0 Å². The summed E-state index contributed by atoms with van der Waals surface area (Å²) in [7, 11) is 0. The molecule has 3 aromatic rings. The number of anilines is 1. The molecule has 4 nitrogen and oxygen atoms in total. The molecule has 2 heterocycles. The van der Waals surface area contributed by atoms with Gasteiger partial charge in [0, 0.05) is 30.7 Å². The average molecular weight is 306 g/mol. The summed E-state index contributed by atoms with van der Waals surface area (Å²) in [6.07, 6.45) is 4.23. The highest BCUT2D eigenvalue weighted by atomic mass is 15.3. The summed E-state index contributed by atoms with van der Waals surface area (Å²) in [4.78, 5) is 2.54. The molecule has 0 unspecified atom stereocenters. The maximum atomic E-state index is 5.86. The average Bonchev–Trinajstić information content (AvgIpc) is 2.99. The van der Waals surface area contributed by atoms with Gasteiger partial charge in [-0.05, 0) is 36.6 Å². The molecular weight excluding hydrogens is 284 g/mol. The minimum atomic E-state index is 0.489.